The standard InChI is InChI=1S/C14H15ClN4/c1-9-8-13(18-12-5-3-2-4-11(12)15)19-14(16-9)17-10-6-7-10/h2-5,8,10H,6-7H2,1H3,(H2,16,17,18,19). The first kappa shape index (κ1) is 12.2. The van der Waals surface area contributed by atoms with Crippen LogP contribution in [0.5, 0.6) is 0 Å². The lowest BCUT2D eigenvalue weighted by molar-refractivity contribution is 1.03. The van der Waals surface area contributed by atoms with Gasteiger partial charge in [-0.3, -0.25) is 0 Å². The third-order valence-corrected chi connectivity index (χ3v) is 3.23. The fourth-order valence-electron chi connectivity index (χ4n) is 1.81. The Kier molecular flexibility index (Phi) is 3.25. The maximum atomic E-state index is 6.13. The molecule has 0 aliphatic heterocycles. The summed E-state index contributed by atoms with van der Waals surface area (Å²) < 4.78 is 0. The number of halogens is 1. The highest BCUT2D eigenvalue weighted by atomic mass is 35.5. The van der Waals surface area contributed by atoms with Crippen molar-refractivity contribution >= 4 is 29.1 Å². The molecular formula is C14H15ClN4. The zero-order chi connectivity index (χ0) is 13.2. The highest BCUT2D eigenvalue weighted by Gasteiger charge is 2.22. The monoisotopic (exact) mass is 274 g/mol. The first-order valence-corrected chi connectivity index (χ1v) is 6.72. The van der Waals surface area contributed by atoms with Crippen molar-refractivity contribution in [3.63, 3.8) is 0 Å². The molecule has 0 amide bonds. The molecule has 1 fully saturated rings. The molecule has 2 aromatic rings. The van der Waals surface area contributed by atoms with E-state index >= 15 is 0 Å². The number of anilines is 3. The van der Waals surface area contributed by atoms with E-state index in [1.165, 1.54) is 12.8 Å². The van der Waals surface area contributed by atoms with E-state index in [4.69, 9.17) is 11.6 Å². The molecule has 1 aromatic heterocycles. The fourth-order valence-corrected chi connectivity index (χ4v) is 1.99. The highest BCUT2D eigenvalue weighted by molar-refractivity contribution is 6.33. The first-order chi connectivity index (χ1) is 9.20. The Labute approximate surface area is 117 Å². The van der Waals surface area contributed by atoms with Gasteiger partial charge in [-0.15, -0.1) is 0 Å². The van der Waals surface area contributed by atoms with Crippen LogP contribution in [0.2, 0.25) is 5.02 Å². The van der Waals surface area contributed by atoms with Gasteiger partial charge in [0, 0.05) is 17.8 Å². The van der Waals surface area contributed by atoms with E-state index in [9.17, 15) is 0 Å². The largest absolute Gasteiger partial charge is 0.351 e. The Morgan fingerprint density at radius 2 is 2.00 bits per heavy atom. The summed E-state index contributed by atoms with van der Waals surface area (Å²) in [6.45, 7) is 1.96. The van der Waals surface area contributed by atoms with Gasteiger partial charge in [-0.05, 0) is 31.9 Å². The van der Waals surface area contributed by atoms with Crippen LogP contribution in [0.15, 0.2) is 30.3 Å². The minimum atomic E-state index is 0.537. The molecule has 0 bridgehead atoms. The van der Waals surface area contributed by atoms with Crippen LogP contribution in [0.3, 0.4) is 0 Å². The summed E-state index contributed by atoms with van der Waals surface area (Å²) in [6.07, 6.45) is 2.40. The quantitative estimate of drug-likeness (QED) is 0.891. The maximum absolute atomic E-state index is 6.13. The van der Waals surface area contributed by atoms with Crippen LogP contribution >= 0.6 is 11.6 Å². The smallest absolute Gasteiger partial charge is 0.225 e. The van der Waals surface area contributed by atoms with E-state index in [0.717, 1.165) is 17.2 Å². The van der Waals surface area contributed by atoms with Crippen molar-refractivity contribution in [2.24, 2.45) is 0 Å². The predicted octanol–water partition coefficient (Wildman–Crippen LogP) is 3.76. The van der Waals surface area contributed by atoms with Gasteiger partial charge in [0.1, 0.15) is 5.82 Å². The molecule has 0 unspecified atom stereocenters. The third-order valence-electron chi connectivity index (χ3n) is 2.90. The molecule has 1 aliphatic carbocycles. The zero-order valence-corrected chi connectivity index (χ0v) is 11.4. The average Bonchev–Trinajstić information content (AvgIpc) is 3.15. The van der Waals surface area contributed by atoms with Crippen LogP contribution in [0.25, 0.3) is 0 Å². The number of aromatic nitrogens is 2. The number of hydrogen-bond donors (Lipinski definition) is 2. The summed E-state index contributed by atoms with van der Waals surface area (Å²) in [7, 11) is 0. The van der Waals surface area contributed by atoms with Crippen LogP contribution < -0.4 is 10.6 Å². The summed E-state index contributed by atoms with van der Waals surface area (Å²) in [5.74, 6) is 1.43. The number of nitrogens with zero attached hydrogens (tertiary/aromatic N) is 2. The van der Waals surface area contributed by atoms with Gasteiger partial charge >= 0.3 is 0 Å². The van der Waals surface area contributed by atoms with Crippen molar-refractivity contribution < 1.29 is 0 Å². The number of nitrogens with one attached hydrogen (secondary N) is 2. The van der Waals surface area contributed by atoms with Crippen LogP contribution in [0, 0.1) is 6.92 Å². The van der Waals surface area contributed by atoms with Gasteiger partial charge in [0.2, 0.25) is 5.95 Å². The number of benzene rings is 1. The summed E-state index contributed by atoms with van der Waals surface area (Å²) >= 11 is 6.13. The first-order valence-electron chi connectivity index (χ1n) is 6.34. The highest BCUT2D eigenvalue weighted by Crippen LogP contribution is 2.26. The molecular weight excluding hydrogens is 260 g/mol. The number of para-hydroxylation sites is 1. The lowest BCUT2D eigenvalue weighted by Crippen LogP contribution is -2.07. The molecule has 0 saturated heterocycles. The molecule has 19 heavy (non-hydrogen) atoms. The van der Waals surface area contributed by atoms with E-state index < -0.39 is 0 Å². The Balaban J connectivity index is 1.83. The second-order valence-corrected chi connectivity index (χ2v) is 5.15. The molecule has 1 aliphatic rings. The molecule has 1 saturated carbocycles. The topological polar surface area (TPSA) is 49.8 Å². The molecule has 5 heteroatoms. The number of aryl methyl sites for hydroxylation is 1. The molecule has 4 nitrogen and oxygen atoms in total. The van der Waals surface area contributed by atoms with E-state index in [2.05, 4.69) is 20.6 Å². The van der Waals surface area contributed by atoms with Crippen LogP contribution in [-0.4, -0.2) is 16.0 Å². The van der Waals surface area contributed by atoms with Gasteiger partial charge in [0.25, 0.3) is 0 Å². The van der Waals surface area contributed by atoms with E-state index in [1.807, 2.05) is 37.3 Å². The molecule has 0 spiro atoms. The normalized spacial score (nSPS) is 14.2. The number of rotatable bonds is 4. The van der Waals surface area contributed by atoms with Gasteiger partial charge in [0.15, 0.2) is 0 Å². The van der Waals surface area contributed by atoms with Crippen LogP contribution in [0.1, 0.15) is 18.5 Å². The summed E-state index contributed by atoms with van der Waals surface area (Å²) in [6, 6.07) is 10.1. The lowest BCUT2D eigenvalue weighted by atomic mass is 10.3. The Morgan fingerprint density at radius 3 is 2.74 bits per heavy atom. The molecule has 1 aromatic carbocycles. The van der Waals surface area contributed by atoms with Crippen molar-refractivity contribution in [3.8, 4) is 0 Å². The molecule has 98 valence electrons. The van der Waals surface area contributed by atoms with Gasteiger partial charge in [-0.2, -0.15) is 4.98 Å². The van der Waals surface area contributed by atoms with E-state index in [-0.39, 0.29) is 0 Å². The van der Waals surface area contributed by atoms with Crippen molar-refractivity contribution in [1.82, 2.24) is 9.97 Å². The van der Waals surface area contributed by atoms with E-state index in [0.29, 0.717) is 17.0 Å². The minimum Gasteiger partial charge on any atom is -0.351 e. The summed E-state index contributed by atoms with van der Waals surface area (Å²) in [5, 5.41) is 7.20. The Bertz CT molecular complexity index is 596. The average molecular weight is 275 g/mol. The van der Waals surface area contributed by atoms with Crippen LogP contribution in [0.4, 0.5) is 17.5 Å². The summed E-state index contributed by atoms with van der Waals surface area (Å²) in [5.41, 5.74) is 1.77. The van der Waals surface area contributed by atoms with Crippen molar-refractivity contribution in [2.45, 2.75) is 25.8 Å². The zero-order valence-electron chi connectivity index (χ0n) is 10.7. The second-order valence-electron chi connectivity index (χ2n) is 4.74. The van der Waals surface area contributed by atoms with Crippen molar-refractivity contribution in [3.05, 3.63) is 41.0 Å². The SMILES string of the molecule is Cc1cc(Nc2ccccc2Cl)nc(NC2CC2)n1. The molecule has 0 radical (unpaired) electrons. The van der Waals surface area contributed by atoms with Gasteiger partial charge in [0.05, 0.1) is 10.7 Å². The molecule has 2 N–H and O–H groups in total. The second kappa shape index (κ2) is 5.05. The van der Waals surface area contributed by atoms with Gasteiger partial charge in [-0.1, -0.05) is 23.7 Å². The predicted molar refractivity (Wildman–Crippen MR) is 78.1 cm³/mol. The molecule has 1 heterocycles. The maximum Gasteiger partial charge on any atom is 0.225 e. The minimum absolute atomic E-state index is 0.537. The Hall–Kier alpha value is -1.81. The fraction of sp³-hybridized carbons (Fsp3) is 0.286. The lowest BCUT2D eigenvalue weighted by Gasteiger charge is -2.10. The van der Waals surface area contributed by atoms with Crippen molar-refractivity contribution in [2.75, 3.05) is 10.6 Å². The third kappa shape index (κ3) is 3.15. The molecule has 0 atom stereocenters. The van der Waals surface area contributed by atoms with Crippen molar-refractivity contribution in [1.29, 1.82) is 0 Å². The Morgan fingerprint density at radius 1 is 1.21 bits per heavy atom. The molecule has 3 rings (SSSR count). The van der Waals surface area contributed by atoms with Gasteiger partial charge in [-0.25, -0.2) is 4.98 Å². The van der Waals surface area contributed by atoms with Gasteiger partial charge < -0.3 is 10.6 Å². The number of hydrogen-bond acceptors (Lipinski definition) is 4. The summed E-state index contributed by atoms with van der Waals surface area (Å²) in [4.78, 5) is 8.84. The van der Waals surface area contributed by atoms with E-state index in [1.54, 1.807) is 0 Å². The van der Waals surface area contributed by atoms with Crippen LogP contribution in [-0.2, 0) is 0 Å².